The summed E-state index contributed by atoms with van der Waals surface area (Å²) < 4.78 is 0. The zero-order valence-corrected chi connectivity index (χ0v) is 8.20. The van der Waals surface area contributed by atoms with Gasteiger partial charge < -0.3 is 10.8 Å². The molecule has 0 aliphatic rings. The van der Waals surface area contributed by atoms with Crippen molar-refractivity contribution in [3.63, 3.8) is 0 Å². The van der Waals surface area contributed by atoms with Gasteiger partial charge in [-0.15, -0.1) is 0 Å². The Bertz CT molecular complexity index is 271. The minimum Gasteiger partial charge on any atom is -0.389 e. The van der Waals surface area contributed by atoms with Crippen molar-refractivity contribution in [1.29, 1.82) is 0 Å². The van der Waals surface area contributed by atoms with E-state index in [-0.39, 0.29) is 0 Å². The molecule has 1 aromatic carbocycles. The molecule has 0 aliphatic heterocycles. The first kappa shape index (κ1) is 10.2. The third kappa shape index (κ3) is 2.29. The van der Waals surface area contributed by atoms with Crippen LogP contribution >= 0.6 is 0 Å². The second kappa shape index (κ2) is 4.40. The molecule has 1 rings (SSSR count). The highest BCUT2D eigenvalue weighted by atomic mass is 16.3. The summed E-state index contributed by atoms with van der Waals surface area (Å²) in [7, 11) is 0. The normalized spacial score (nSPS) is 15.4. The van der Waals surface area contributed by atoms with Gasteiger partial charge in [-0.25, -0.2) is 0 Å². The average Bonchev–Trinajstić information content (AvgIpc) is 2.16. The largest absolute Gasteiger partial charge is 0.389 e. The summed E-state index contributed by atoms with van der Waals surface area (Å²) >= 11 is 0. The van der Waals surface area contributed by atoms with E-state index in [1.54, 1.807) is 6.92 Å². The molecule has 2 unspecified atom stereocenters. The molecule has 0 spiro atoms. The van der Waals surface area contributed by atoms with Gasteiger partial charge in [0.1, 0.15) is 0 Å². The lowest BCUT2D eigenvalue weighted by atomic mass is 9.93. The molecule has 0 aliphatic carbocycles. The molecule has 0 fully saturated rings. The Labute approximate surface area is 79.4 Å². The zero-order valence-electron chi connectivity index (χ0n) is 8.20. The smallest absolute Gasteiger partial charge is 0.0764 e. The summed E-state index contributed by atoms with van der Waals surface area (Å²) in [5.74, 6) is 0.311. The molecule has 2 nitrogen and oxygen atoms in total. The summed E-state index contributed by atoms with van der Waals surface area (Å²) in [6, 6.07) is 7.90. The van der Waals surface area contributed by atoms with E-state index >= 15 is 0 Å². The lowest BCUT2D eigenvalue weighted by Crippen LogP contribution is -2.11. The van der Waals surface area contributed by atoms with Crippen molar-refractivity contribution >= 4 is 0 Å². The number of benzene rings is 1. The van der Waals surface area contributed by atoms with E-state index in [0.717, 1.165) is 11.1 Å². The number of aliphatic hydroxyl groups is 1. The number of aliphatic hydroxyl groups excluding tert-OH is 1. The molecule has 13 heavy (non-hydrogen) atoms. The van der Waals surface area contributed by atoms with E-state index in [4.69, 9.17) is 5.73 Å². The molecular formula is C11H17NO. The number of nitrogens with two attached hydrogens (primary N) is 1. The molecule has 2 heteroatoms. The Kier molecular flexibility index (Phi) is 3.46. The molecular weight excluding hydrogens is 162 g/mol. The number of hydrogen-bond donors (Lipinski definition) is 2. The van der Waals surface area contributed by atoms with Crippen LogP contribution in [0.3, 0.4) is 0 Å². The van der Waals surface area contributed by atoms with Crippen LogP contribution in [0.1, 0.15) is 37.0 Å². The topological polar surface area (TPSA) is 46.2 Å². The Morgan fingerprint density at radius 1 is 1.23 bits per heavy atom. The molecule has 3 N–H and O–H groups in total. The molecule has 0 saturated carbocycles. The van der Waals surface area contributed by atoms with Gasteiger partial charge in [0, 0.05) is 0 Å². The lowest BCUT2D eigenvalue weighted by molar-refractivity contribution is 0.197. The first-order valence-corrected chi connectivity index (χ1v) is 4.63. The molecule has 0 bridgehead atoms. The first-order chi connectivity index (χ1) is 6.16. The fourth-order valence-corrected chi connectivity index (χ4v) is 1.47. The van der Waals surface area contributed by atoms with Crippen LogP contribution in [0, 0.1) is 0 Å². The van der Waals surface area contributed by atoms with Gasteiger partial charge >= 0.3 is 0 Å². The van der Waals surface area contributed by atoms with Gasteiger partial charge in [-0.2, -0.15) is 0 Å². The molecule has 72 valence electrons. The van der Waals surface area contributed by atoms with E-state index in [0.29, 0.717) is 12.5 Å². The maximum atomic E-state index is 9.51. The van der Waals surface area contributed by atoms with Crippen LogP contribution in [0.4, 0.5) is 0 Å². The van der Waals surface area contributed by atoms with E-state index in [9.17, 15) is 5.11 Å². The summed E-state index contributed by atoms with van der Waals surface area (Å²) in [6.45, 7) is 4.47. The minimum absolute atomic E-state index is 0.311. The Morgan fingerprint density at radius 3 is 2.23 bits per heavy atom. The van der Waals surface area contributed by atoms with Crippen molar-refractivity contribution in [2.24, 2.45) is 5.73 Å². The van der Waals surface area contributed by atoms with Gasteiger partial charge in [0.25, 0.3) is 0 Å². The molecule has 1 aromatic rings. The molecule has 0 heterocycles. The van der Waals surface area contributed by atoms with Crippen LogP contribution in [0.15, 0.2) is 24.3 Å². The van der Waals surface area contributed by atoms with Crippen molar-refractivity contribution in [2.45, 2.75) is 25.9 Å². The van der Waals surface area contributed by atoms with Crippen molar-refractivity contribution in [2.75, 3.05) is 6.54 Å². The van der Waals surface area contributed by atoms with Crippen LogP contribution in [0.5, 0.6) is 0 Å². The van der Waals surface area contributed by atoms with Gasteiger partial charge in [0.05, 0.1) is 6.10 Å². The Balaban J connectivity index is 3.04. The second-order valence-electron chi connectivity index (χ2n) is 3.44. The Hall–Kier alpha value is -0.860. The van der Waals surface area contributed by atoms with Gasteiger partial charge in [-0.05, 0) is 30.5 Å². The molecule has 0 amide bonds. The van der Waals surface area contributed by atoms with Crippen molar-refractivity contribution in [1.82, 2.24) is 0 Å². The van der Waals surface area contributed by atoms with Gasteiger partial charge in [0.2, 0.25) is 0 Å². The minimum atomic E-state index is -0.412. The van der Waals surface area contributed by atoms with Gasteiger partial charge in [0.15, 0.2) is 0 Å². The SMILES string of the molecule is CC(O)c1ccccc1C(C)CN. The van der Waals surface area contributed by atoms with Crippen LogP contribution in [-0.2, 0) is 0 Å². The quantitative estimate of drug-likeness (QED) is 0.743. The third-order valence-electron chi connectivity index (χ3n) is 2.33. The molecule has 0 saturated heterocycles. The van der Waals surface area contributed by atoms with Crippen molar-refractivity contribution < 1.29 is 5.11 Å². The average molecular weight is 179 g/mol. The van der Waals surface area contributed by atoms with Gasteiger partial charge in [-0.3, -0.25) is 0 Å². The zero-order chi connectivity index (χ0) is 9.84. The molecule has 2 atom stereocenters. The van der Waals surface area contributed by atoms with Crippen LogP contribution in [-0.4, -0.2) is 11.7 Å². The molecule has 0 radical (unpaired) electrons. The predicted octanol–water partition coefficient (Wildman–Crippen LogP) is 1.80. The Morgan fingerprint density at radius 2 is 1.77 bits per heavy atom. The van der Waals surface area contributed by atoms with Crippen molar-refractivity contribution in [3.8, 4) is 0 Å². The van der Waals surface area contributed by atoms with E-state index in [1.165, 1.54) is 0 Å². The standard InChI is InChI=1S/C11H17NO/c1-8(7-12)10-5-3-4-6-11(10)9(2)13/h3-6,8-9,13H,7,12H2,1-2H3. The summed E-state index contributed by atoms with van der Waals surface area (Å²) in [5.41, 5.74) is 7.73. The van der Waals surface area contributed by atoms with Crippen LogP contribution in [0.2, 0.25) is 0 Å². The number of rotatable bonds is 3. The summed E-state index contributed by atoms with van der Waals surface area (Å²) in [5, 5.41) is 9.51. The third-order valence-corrected chi connectivity index (χ3v) is 2.33. The van der Waals surface area contributed by atoms with E-state index in [2.05, 4.69) is 6.92 Å². The number of hydrogen-bond acceptors (Lipinski definition) is 2. The lowest BCUT2D eigenvalue weighted by Gasteiger charge is -2.16. The highest BCUT2D eigenvalue weighted by molar-refractivity contribution is 5.31. The highest BCUT2D eigenvalue weighted by Crippen LogP contribution is 2.23. The maximum absolute atomic E-state index is 9.51. The van der Waals surface area contributed by atoms with Gasteiger partial charge in [-0.1, -0.05) is 31.2 Å². The first-order valence-electron chi connectivity index (χ1n) is 4.63. The maximum Gasteiger partial charge on any atom is 0.0764 e. The van der Waals surface area contributed by atoms with E-state index in [1.807, 2.05) is 24.3 Å². The summed E-state index contributed by atoms with van der Waals surface area (Å²) in [4.78, 5) is 0. The van der Waals surface area contributed by atoms with Crippen molar-refractivity contribution in [3.05, 3.63) is 35.4 Å². The fourth-order valence-electron chi connectivity index (χ4n) is 1.47. The monoisotopic (exact) mass is 179 g/mol. The molecule has 0 aromatic heterocycles. The fraction of sp³-hybridized carbons (Fsp3) is 0.455. The second-order valence-corrected chi connectivity index (χ2v) is 3.44. The van der Waals surface area contributed by atoms with Crippen LogP contribution in [0.25, 0.3) is 0 Å². The van der Waals surface area contributed by atoms with E-state index < -0.39 is 6.10 Å². The highest BCUT2D eigenvalue weighted by Gasteiger charge is 2.11. The predicted molar refractivity (Wildman–Crippen MR) is 54.5 cm³/mol. The van der Waals surface area contributed by atoms with Crippen LogP contribution < -0.4 is 5.73 Å². The summed E-state index contributed by atoms with van der Waals surface area (Å²) in [6.07, 6.45) is -0.412.